The van der Waals surface area contributed by atoms with E-state index in [2.05, 4.69) is 9.88 Å². The molecule has 0 spiro atoms. The predicted molar refractivity (Wildman–Crippen MR) is 109 cm³/mol. The van der Waals surface area contributed by atoms with Crippen LogP contribution in [0.3, 0.4) is 0 Å². The van der Waals surface area contributed by atoms with E-state index in [9.17, 15) is 14.9 Å². The molecule has 1 aliphatic carbocycles. The van der Waals surface area contributed by atoms with E-state index in [-0.39, 0.29) is 11.6 Å². The zero-order valence-electron chi connectivity index (χ0n) is 16.8. The number of nitro groups is 1. The van der Waals surface area contributed by atoms with Crippen molar-refractivity contribution in [3.63, 3.8) is 0 Å². The maximum Gasteiger partial charge on any atom is 0.269 e. The molecule has 1 aliphatic heterocycles. The van der Waals surface area contributed by atoms with Crippen LogP contribution in [0.1, 0.15) is 35.5 Å². The summed E-state index contributed by atoms with van der Waals surface area (Å²) in [5.74, 6) is 2.18. The summed E-state index contributed by atoms with van der Waals surface area (Å²) in [6.45, 7) is 6.80. The summed E-state index contributed by atoms with van der Waals surface area (Å²) in [6.07, 6.45) is 2.67. The van der Waals surface area contributed by atoms with Crippen molar-refractivity contribution in [3.8, 4) is 0 Å². The van der Waals surface area contributed by atoms with Crippen molar-refractivity contribution >= 4 is 17.4 Å². The third-order valence-electron chi connectivity index (χ3n) is 5.65. The lowest BCUT2D eigenvalue weighted by Crippen LogP contribution is -2.49. The summed E-state index contributed by atoms with van der Waals surface area (Å²) >= 11 is 0. The van der Waals surface area contributed by atoms with Crippen LogP contribution in [-0.4, -0.2) is 51.9 Å². The zero-order valence-corrected chi connectivity index (χ0v) is 16.8. The molecule has 1 aromatic carbocycles. The number of carbonyl (C=O) groups is 1. The molecular formula is C21H25N5O3. The highest BCUT2D eigenvalue weighted by atomic mass is 16.6. The number of hydrogen-bond acceptors (Lipinski definition) is 6. The number of nitro benzene ring substituents is 1. The smallest absolute Gasteiger partial charge is 0.269 e. The molecule has 0 radical (unpaired) electrons. The van der Waals surface area contributed by atoms with Crippen LogP contribution in [0.2, 0.25) is 0 Å². The zero-order chi connectivity index (χ0) is 20.5. The highest BCUT2D eigenvalue weighted by molar-refractivity contribution is 5.81. The molecule has 0 atom stereocenters. The Morgan fingerprint density at radius 2 is 1.76 bits per heavy atom. The van der Waals surface area contributed by atoms with Gasteiger partial charge in [-0.05, 0) is 32.3 Å². The first kappa shape index (κ1) is 19.3. The van der Waals surface area contributed by atoms with Gasteiger partial charge in [0.05, 0.1) is 4.92 Å². The number of nitrogens with zero attached hydrogens (tertiary/aromatic N) is 5. The number of benzene rings is 1. The highest BCUT2D eigenvalue weighted by Gasteiger charge is 2.35. The van der Waals surface area contributed by atoms with Gasteiger partial charge in [0, 0.05) is 61.9 Å². The maximum atomic E-state index is 12.3. The van der Waals surface area contributed by atoms with E-state index in [1.54, 1.807) is 12.1 Å². The molecule has 2 aromatic rings. The standard InChI is InChI=1S/C21H25N5O3/c1-14-19(13-16-3-7-18(8-4-16)26(28)29)20(23-15(2)22-14)24-9-11-25(12-10-24)21(27)17-5-6-17/h3-4,7-8,17H,5-6,9-13H2,1-2H3. The van der Waals surface area contributed by atoms with Gasteiger partial charge < -0.3 is 9.80 Å². The van der Waals surface area contributed by atoms with Gasteiger partial charge in [-0.1, -0.05) is 12.1 Å². The van der Waals surface area contributed by atoms with Crippen LogP contribution in [0.15, 0.2) is 24.3 Å². The molecule has 29 heavy (non-hydrogen) atoms. The third-order valence-corrected chi connectivity index (χ3v) is 5.65. The fraction of sp³-hybridized carbons (Fsp3) is 0.476. The number of aromatic nitrogens is 2. The molecule has 0 bridgehead atoms. The van der Waals surface area contributed by atoms with Gasteiger partial charge in [0.15, 0.2) is 0 Å². The Balaban J connectivity index is 1.54. The first-order chi connectivity index (χ1) is 13.9. The van der Waals surface area contributed by atoms with E-state index in [1.165, 1.54) is 12.1 Å². The Labute approximate surface area is 169 Å². The highest BCUT2D eigenvalue weighted by Crippen LogP contribution is 2.32. The SMILES string of the molecule is Cc1nc(C)c(Cc2ccc([N+](=O)[O-])cc2)c(N2CCN(C(=O)C3CC3)CC2)n1. The fourth-order valence-electron chi connectivity index (χ4n) is 3.85. The Bertz CT molecular complexity index is 932. The van der Waals surface area contributed by atoms with Crippen molar-refractivity contribution in [2.75, 3.05) is 31.1 Å². The molecular weight excluding hydrogens is 370 g/mol. The van der Waals surface area contributed by atoms with Crippen molar-refractivity contribution in [2.45, 2.75) is 33.1 Å². The summed E-state index contributed by atoms with van der Waals surface area (Å²) in [7, 11) is 0. The van der Waals surface area contributed by atoms with Crippen molar-refractivity contribution < 1.29 is 9.72 Å². The molecule has 8 heteroatoms. The van der Waals surface area contributed by atoms with Crippen LogP contribution >= 0.6 is 0 Å². The molecule has 2 fully saturated rings. The van der Waals surface area contributed by atoms with Gasteiger partial charge in [-0.25, -0.2) is 9.97 Å². The largest absolute Gasteiger partial charge is 0.353 e. The van der Waals surface area contributed by atoms with Crippen LogP contribution in [0.25, 0.3) is 0 Å². The summed E-state index contributed by atoms with van der Waals surface area (Å²) in [4.78, 5) is 36.3. The monoisotopic (exact) mass is 395 g/mol. The van der Waals surface area contributed by atoms with Gasteiger partial charge >= 0.3 is 0 Å². The van der Waals surface area contributed by atoms with E-state index >= 15 is 0 Å². The van der Waals surface area contributed by atoms with E-state index < -0.39 is 4.92 Å². The minimum atomic E-state index is -0.391. The number of aryl methyl sites for hydroxylation is 2. The summed E-state index contributed by atoms with van der Waals surface area (Å²) in [6, 6.07) is 6.63. The predicted octanol–water partition coefficient (Wildman–Crippen LogP) is 2.65. The summed E-state index contributed by atoms with van der Waals surface area (Å²) in [5, 5.41) is 10.9. The maximum absolute atomic E-state index is 12.3. The van der Waals surface area contributed by atoms with Crippen molar-refractivity contribution in [3.05, 3.63) is 57.0 Å². The molecule has 2 aliphatic rings. The molecule has 2 heterocycles. The number of amides is 1. The minimum absolute atomic E-state index is 0.0855. The summed E-state index contributed by atoms with van der Waals surface area (Å²) < 4.78 is 0. The Hall–Kier alpha value is -3.03. The molecule has 1 amide bonds. The minimum Gasteiger partial charge on any atom is -0.353 e. The lowest BCUT2D eigenvalue weighted by Gasteiger charge is -2.36. The van der Waals surface area contributed by atoms with Crippen LogP contribution in [0, 0.1) is 29.9 Å². The topological polar surface area (TPSA) is 92.5 Å². The molecule has 8 nitrogen and oxygen atoms in total. The second-order valence-electron chi connectivity index (χ2n) is 7.85. The quantitative estimate of drug-likeness (QED) is 0.571. The first-order valence-electron chi connectivity index (χ1n) is 10.0. The fourth-order valence-corrected chi connectivity index (χ4v) is 3.85. The molecule has 152 valence electrons. The van der Waals surface area contributed by atoms with Gasteiger partial charge in [0.25, 0.3) is 5.69 Å². The van der Waals surface area contributed by atoms with Crippen LogP contribution in [0.4, 0.5) is 11.5 Å². The average Bonchev–Trinajstić information content (AvgIpc) is 3.55. The van der Waals surface area contributed by atoms with Crippen LogP contribution < -0.4 is 4.90 Å². The number of rotatable bonds is 5. The molecule has 1 saturated heterocycles. The van der Waals surface area contributed by atoms with Crippen LogP contribution in [0.5, 0.6) is 0 Å². The second-order valence-corrected chi connectivity index (χ2v) is 7.85. The molecule has 0 N–H and O–H groups in total. The van der Waals surface area contributed by atoms with Gasteiger partial charge in [0.2, 0.25) is 5.91 Å². The van der Waals surface area contributed by atoms with Crippen molar-refractivity contribution in [2.24, 2.45) is 5.92 Å². The Morgan fingerprint density at radius 1 is 1.10 bits per heavy atom. The van der Waals surface area contributed by atoms with Gasteiger partial charge in [-0.2, -0.15) is 0 Å². The molecule has 1 aromatic heterocycles. The number of hydrogen-bond donors (Lipinski definition) is 0. The summed E-state index contributed by atoms with van der Waals surface area (Å²) in [5.41, 5.74) is 3.02. The van der Waals surface area contributed by atoms with Gasteiger partial charge in [-0.15, -0.1) is 0 Å². The third kappa shape index (κ3) is 4.21. The number of non-ortho nitro benzene ring substituents is 1. The molecule has 1 saturated carbocycles. The van der Waals surface area contributed by atoms with E-state index in [0.29, 0.717) is 25.4 Å². The Morgan fingerprint density at radius 3 is 2.34 bits per heavy atom. The number of carbonyl (C=O) groups excluding carboxylic acids is 1. The van der Waals surface area contributed by atoms with E-state index in [1.807, 2.05) is 18.7 Å². The number of anilines is 1. The molecule has 0 unspecified atom stereocenters. The van der Waals surface area contributed by atoms with Crippen molar-refractivity contribution in [1.82, 2.24) is 14.9 Å². The van der Waals surface area contributed by atoms with Gasteiger partial charge in [-0.3, -0.25) is 14.9 Å². The first-order valence-corrected chi connectivity index (χ1v) is 10.0. The van der Waals surface area contributed by atoms with E-state index in [0.717, 1.165) is 54.4 Å². The van der Waals surface area contributed by atoms with Gasteiger partial charge in [0.1, 0.15) is 11.6 Å². The van der Waals surface area contributed by atoms with Crippen molar-refractivity contribution in [1.29, 1.82) is 0 Å². The van der Waals surface area contributed by atoms with Crippen LogP contribution in [-0.2, 0) is 11.2 Å². The van der Waals surface area contributed by atoms with E-state index in [4.69, 9.17) is 4.98 Å². The molecule has 4 rings (SSSR count). The Kier molecular flexibility index (Phi) is 5.17. The normalized spacial score (nSPS) is 16.8. The lowest BCUT2D eigenvalue weighted by atomic mass is 10.0. The number of piperazine rings is 1. The average molecular weight is 395 g/mol. The lowest BCUT2D eigenvalue weighted by molar-refractivity contribution is -0.384. The second kappa shape index (κ2) is 7.77.